The van der Waals surface area contributed by atoms with Crippen LogP contribution in [-0.4, -0.2) is 0 Å². The van der Waals surface area contributed by atoms with Crippen molar-refractivity contribution >= 4 is 5.70 Å². The number of nitrogens with two attached hydrogens (primary N) is 1. The van der Waals surface area contributed by atoms with Crippen LogP contribution in [0.15, 0.2) is 18.7 Å². The van der Waals surface area contributed by atoms with E-state index in [-0.39, 0.29) is 16.7 Å². The minimum atomic E-state index is -0.935. The van der Waals surface area contributed by atoms with E-state index in [9.17, 15) is 8.78 Å². The quantitative estimate of drug-likeness (QED) is 0.758. The number of benzene rings is 1. The van der Waals surface area contributed by atoms with Crippen molar-refractivity contribution in [3.8, 4) is 0 Å². The number of halogens is 2. The van der Waals surface area contributed by atoms with Crippen LogP contribution in [0.3, 0.4) is 0 Å². The molecule has 0 amide bonds. The van der Waals surface area contributed by atoms with Gasteiger partial charge in [-0.2, -0.15) is 0 Å². The second-order valence-electron chi connectivity index (χ2n) is 4.59. The molecule has 0 atom stereocenters. The molecule has 0 heterocycles. The molecule has 0 radical (unpaired) electrons. The number of rotatable bonds is 1. The fraction of sp³-hybridized carbons (Fsp3) is 0.333. The highest BCUT2D eigenvalue weighted by atomic mass is 19.2. The highest BCUT2D eigenvalue weighted by Crippen LogP contribution is 2.27. The van der Waals surface area contributed by atoms with E-state index < -0.39 is 11.6 Å². The minimum Gasteiger partial charge on any atom is -0.399 e. The maximum atomic E-state index is 13.3. The van der Waals surface area contributed by atoms with Crippen LogP contribution in [0.5, 0.6) is 0 Å². The number of hydrogen-bond donors (Lipinski definition) is 1. The standard InChI is InChI=1S/C12H15F2N/c1-7(15)9-5-8(12(2,3)4)6-10(13)11(9)14/h5-6H,1,15H2,2-4H3. The third kappa shape index (κ3) is 2.35. The van der Waals surface area contributed by atoms with E-state index in [1.54, 1.807) is 6.07 Å². The SMILES string of the molecule is C=C(N)c1cc(C(C)(C)C)cc(F)c1F. The fourth-order valence-corrected chi connectivity index (χ4v) is 1.26. The Balaban J connectivity index is 3.43. The largest absolute Gasteiger partial charge is 0.399 e. The second-order valence-corrected chi connectivity index (χ2v) is 4.59. The van der Waals surface area contributed by atoms with Gasteiger partial charge in [0, 0.05) is 11.3 Å². The van der Waals surface area contributed by atoms with E-state index in [1.165, 1.54) is 6.07 Å². The third-order valence-corrected chi connectivity index (χ3v) is 2.24. The molecule has 1 aromatic carbocycles. The summed E-state index contributed by atoms with van der Waals surface area (Å²) >= 11 is 0. The van der Waals surface area contributed by atoms with Gasteiger partial charge in [-0.1, -0.05) is 27.4 Å². The third-order valence-electron chi connectivity index (χ3n) is 2.24. The average molecular weight is 211 g/mol. The van der Waals surface area contributed by atoms with Crippen LogP contribution < -0.4 is 5.73 Å². The van der Waals surface area contributed by atoms with E-state index >= 15 is 0 Å². The summed E-state index contributed by atoms with van der Waals surface area (Å²) in [4.78, 5) is 0. The summed E-state index contributed by atoms with van der Waals surface area (Å²) in [5.74, 6) is -1.82. The van der Waals surface area contributed by atoms with Crippen LogP contribution in [0.2, 0.25) is 0 Å². The molecule has 0 aliphatic carbocycles. The first-order chi connectivity index (χ1) is 6.73. The molecule has 3 heteroatoms. The van der Waals surface area contributed by atoms with Gasteiger partial charge in [0.25, 0.3) is 0 Å². The molecule has 0 aliphatic rings. The van der Waals surface area contributed by atoms with Crippen molar-refractivity contribution in [3.05, 3.63) is 41.5 Å². The first-order valence-electron chi connectivity index (χ1n) is 4.67. The lowest BCUT2D eigenvalue weighted by Crippen LogP contribution is -2.13. The summed E-state index contributed by atoms with van der Waals surface area (Å²) in [5, 5.41) is 0. The van der Waals surface area contributed by atoms with Gasteiger partial charge >= 0.3 is 0 Å². The van der Waals surface area contributed by atoms with Gasteiger partial charge in [-0.05, 0) is 23.1 Å². The fourth-order valence-electron chi connectivity index (χ4n) is 1.26. The number of hydrogen-bond acceptors (Lipinski definition) is 1. The molecule has 82 valence electrons. The van der Waals surface area contributed by atoms with Crippen molar-refractivity contribution in [3.63, 3.8) is 0 Å². The molecule has 0 aliphatic heterocycles. The molecule has 0 bridgehead atoms. The molecule has 1 aromatic rings. The zero-order valence-corrected chi connectivity index (χ0v) is 9.20. The Hall–Kier alpha value is -1.38. The zero-order chi connectivity index (χ0) is 11.8. The Morgan fingerprint density at radius 2 is 1.80 bits per heavy atom. The van der Waals surface area contributed by atoms with Gasteiger partial charge in [0.1, 0.15) is 0 Å². The molecular formula is C12H15F2N. The molecule has 2 N–H and O–H groups in total. The van der Waals surface area contributed by atoms with Crippen molar-refractivity contribution in [2.45, 2.75) is 26.2 Å². The molecule has 1 rings (SSSR count). The monoisotopic (exact) mass is 211 g/mol. The van der Waals surface area contributed by atoms with Crippen molar-refractivity contribution in [2.24, 2.45) is 5.73 Å². The smallest absolute Gasteiger partial charge is 0.168 e. The van der Waals surface area contributed by atoms with Crippen molar-refractivity contribution in [1.29, 1.82) is 0 Å². The zero-order valence-electron chi connectivity index (χ0n) is 9.20. The van der Waals surface area contributed by atoms with Crippen LogP contribution in [0, 0.1) is 11.6 Å². The van der Waals surface area contributed by atoms with Gasteiger partial charge in [-0.25, -0.2) is 8.78 Å². The molecule has 0 saturated carbocycles. The molecular weight excluding hydrogens is 196 g/mol. The lowest BCUT2D eigenvalue weighted by Gasteiger charge is -2.20. The van der Waals surface area contributed by atoms with Crippen molar-refractivity contribution in [1.82, 2.24) is 0 Å². The summed E-state index contributed by atoms with van der Waals surface area (Å²) in [7, 11) is 0. The molecule has 0 saturated heterocycles. The first-order valence-corrected chi connectivity index (χ1v) is 4.67. The van der Waals surface area contributed by atoms with Gasteiger partial charge in [-0.3, -0.25) is 0 Å². The van der Waals surface area contributed by atoms with Gasteiger partial charge in [0.15, 0.2) is 11.6 Å². The highest BCUT2D eigenvalue weighted by molar-refractivity contribution is 5.62. The predicted octanol–water partition coefficient (Wildman–Crippen LogP) is 3.19. The first kappa shape index (κ1) is 11.7. The summed E-state index contributed by atoms with van der Waals surface area (Å²) in [6.45, 7) is 9.18. The topological polar surface area (TPSA) is 26.0 Å². The van der Waals surface area contributed by atoms with Crippen LogP contribution in [-0.2, 0) is 5.41 Å². The van der Waals surface area contributed by atoms with Crippen LogP contribution in [0.4, 0.5) is 8.78 Å². The van der Waals surface area contributed by atoms with E-state index in [0.29, 0.717) is 5.56 Å². The second kappa shape index (κ2) is 3.65. The van der Waals surface area contributed by atoms with Gasteiger partial charge < -0.3 is 5.73 Å². The summed E-state index contributed by atoms with van der Waals surface area (Å²) in [6.07, 6.45) is 0. The van der Waals surface area contributed by atoms with Crippen molar-refractivity contribution < 1.29 is 8.78 Å². The summed E-state index contributed by atoms with van der Waals surface area (Å²) in [6, 6.07) is 2.74. The Morgan fingerprint density at radius 1 is 1.27 bits per heavy atom. The lowest BCUT2D eigenvalue weighted by atomic mass is 9.85. The van der Waals surface area contributed by atoms with Crippen LogP contribution in [0.1, 0.15) is 31.9 Å². The molecule has 0 aromatic heterocycles. The molecule has 0 fully saturated rings. The van der Waals surface area contributed by atoms with Gasteiger partial charge in [-0.15, -0.1) is 0 Å². The lowest BCUT2D eigenvalue weighted by molar-refractivity contribution is 0.496. The van der Waals surface area contributed by atoms with E-state index in [4.69, 9.17) is 5.73 Å². The Bertz CT molecular complexity index is 403. The maximum absolute atomic E-state index is 13.3. The maximum Gasteiger partial charge on any atom is 0.168 e. The Kier molecular flexibility index (Phi) is 2.84. The normalized spacial score (nSPS) is 11.5. The van der Waals surface area contributed by atoms with Gasteiger partial charge in [0.2, 0.25) is 0 Å². The molecule has 1 nitrogen and oxygen atoms in total. The van der Waals surface area contributed by atoms with Gasteiger partial charge in [0.05, 0.1) is 0 Å². The Morgan fingerprint density at radius 3 is 2.20 bits per heavy atom. The Labute approximate surface area is 88.6 Å². The van der Waals surface area contributed by atoms with E-state index in [1.807, 2.05) is 20.8 Å². The van der Waals surface area contributed by atoms with Crippen LogP contribution in [0.25, 0.3) is 5.70 Å². The van der Waals surface area contributed by atoms with E-state index in [2.05, 4.69) is 6.58 Å². The highest BCUT2D eigenvalue weighted by Gasteiger charge is 2.19. The van der Waals surface area contributed by atoms with Crippen molar-refractivity contribution in [2.75, 3.05) is 0 Å². The predicted molar refractivity (Wildman–Crippen MR) is 58.3 cm³/mol. The summed E-state index contributed by atoms with van der Waals surface area (Å²) < 4.78 is 26.6. The minimum absolute atomic E-state index is 0.0394. The molecule has 15 heavy (non-hydrogen) atoms. The summed E-state index contributed by atoms with van der Waals surface area (Å²) in [5.41, 5.74) is 5.92. The average Bonchev–Trinajstić information content (AvgIpc) is 2.06. The van der Waals surface area contributed by atoms with E-state index in [0.717, 1.165) is 0 Å². The molecule has 0 unspecified atom stereocenters. The molecule has 0 spiro atoms. The van der Waals surface area contributed by atoms with Crippen LogP contribution >= 0.6 is 0 Å².